The molecule has 0 spiro atoms. The number of hydrogen-bond acceptors (Lipinski definition) is 1. The number of carbonyl (C=O) groups is 1. The highest BCUT2D eigenvalue weighted by atomic mass is 35.5. The molecule has 0 aliphatic carbocycles. The number of rotatable bonds is 3. The Morgan fingerprint density at radius 2 is 2.00 bits per heavy atom. The largest absolute Gasteiger partial charge is 0.477 e. The second kappa shape index (κ2) is 4.33. The molecule has 82 valence electrons. The third-order valence-corrected chi connectivity index (χ3v) is 2.61. The molecule has 0 radical (unpaired) electrons. The van der Waals surface area contributed by atoms with Gasteiger partial charge in [-0.3, -0.25) is 0 Å². The van der Waals surface area contributed by atoms with E-state index in [1.807, 2.05) is 0 Å². The van der Waals surface area contributed by atoms with Gasteiger partial charge in [-0.05, 0) is 11.6 Å². The molecule has 0 aliphatic heterocycles. The van der Waals surface area contributed by atoms with Crippen LogP contribution in [0.15, 0.2) is 18.2 Å². The third kappa shape index (κ3) is 2.79. The van der Waals surface area contributed by atoms with E-state index in [0.29, 0.717) is 0 Å². The number of benzene rings is 1. The highest BCUT2D eigenvalue weighted by Crippen LogP contribution is 2.30. The molecule has 1 rings (SSSR count). The van der Waals surface area contributed by atoms with Gasteiger partial charge in [0.15, 0.2) is 0 Å². The Balaban J connectivity index is 3.00. The van der Waals surface area contributed by atoms with Crippen LogP contribution in [0.3, 0.4) is 0 Å². The summed E-state index contributed by atoms with van der Waals surface area (Å²) in [5, 5.41) is 8.32. The fourth-order valence-electron chi connectivity index (χ4n) is 1.000. The van der Waals surface area contributed by atoms with E-state index in [-0.39, 0.29) is 15.6 Å². The van der Waals surface area contributed by atoms with E-state index in [0.717, 1.165) is 0 Å². The van der Waals surface area contributed by atoms with Gasteiger partial charge < -0.3 is 5.11 Å². The van der Waals surface area contributed by atoms with Crippen LogP contribution in [-0.4, -0.2) is 17.0 Å². The minimum atomic E-state index is -3.84. The zero-order chi connectivity index (χ0) is 11.6. The Labute approximate surface area is 94.4 Å². The van der Waals surface area contributed by atoms with E-state index in [1.165, 1.54) is 18.2 Å². The van der Waals surface area contributed by atoms with E-state index >= 15 is 0 Å². The summed E-state index contributed by atoms with van der Waals surface area (Å²) in [5.74, 6) is -6.02. The Morgan fingerprint density at radius 3 is 2.53 bits per heavy atom. The summed E-state index contributed by atoms with van der Waals surface area (Å²) in [6, 6.07) is 4.18. The van der Waals surface area contributed by atoms with Crippen molar-refractivity contribution in [2.24, 2.45) is 0 Å². The van der Waals surface area contributed by atoms with Gasteiger partial charge >= 0.3 is 11.9 Å². The Morgan fingerprint density at radius 1 is 1.40 bits per heavy atom. The molecular weight excluding hydrogens is 249 g/mol. The number of aliphatic carboxylic acids is 1. The summed E-state index contributed by atoms with van der Waals surface area (Å²) in [6.45, 7) is 0. The lowest BCUT2D eigenvalue weighted by atomic mass is 10.1. The average molecular weight is 255 g/mol. The molecule has 1 aromatic carbocycles. The van der Waals surface area contributed by atoms with Crippen molar-refractivity contribution in [3.05, 3.63) is 33.8 Å². The topological polar surface area (TPSA) is 37.3 Å². The zero-order valence-corrected chi connectivity index (χ0v) is 8.82. The molecule has 0 heterocycles. The van der Waals surface area contributed by atoms with Crippen molar-refractivity contribution in [1.29, 1.82) is 0 Å². The van der Waals surface area contributed by atoms with Gasteiger partial charge in [0.2, 0.25) is 0 Å². The average Bonchev–Trinajstić information content (AvgIpc) is 2.12. The fraction of sp³-hybridized carbons (Fsp3) is 0.222. The zero-order valence-electron chi connectivity index (χ0n) is 7.31. The van der Waals surface area contributed by atoms with Crippen molar-refractivity contribution < 1.29 is 18.7 Å². The van der Waals surface area contributed by atoms with E-state index in [1.54, 1.807) is 0 Å². The van der Waals surface area contributed by atoms with Crippen molar-refractivity contribution in [3.63, 3.8) is 0 Å². The molecule has 0 unspecified atom stereocenters. The number of halogens is 4. The van der Waals surface area contributed by atoms with Crippen LogP contribution < -0.4 is 0 Å². The van der Waals surface area contributed by atoms with Crippen molar-refractivity contribution in [2.75, 3.05) is 0 Å². The van der Waals surface area contributed by atoms with Crippen LogP contribution in [0.5, 0.6) is 0 Å². The molecular formula is C9H6Cl2F2O2. The molecule has 0 atom stereocenters. The maximum Gasteiger partial charge on any atom is 0.374 e. The van der Waals surface area contributed by atoms with E-state index < -0.39 is 18.3 Å². The first-order valence-electron chi connectivity index (χ1n) is 3.88. The number of carboxylic acid groups (broad SMARTS) is 1. The van der Waals surface area contributed by atoms with Gasteiger partial charge in [-0.1, -0.05) is 35.3 Å². The van der Waals surface area contributed by atoms with Crippen LogP contribution >= 0.6 is 23.2 Å². The fourth-order valence-corrected chi connectivity index (χ4v) is 1.39. The maximum absolute atomic E-state index is 12.8. The molecule has 0 aromatic heterocycles. The summed E-state index contributed by atoms with van der Waals surface area (Å²) in [6.07, 6.45) is -0.971. The van der Waals surface area contributed by atoms with Crippen molar-refractivity contribution in [2.45, 2.75) is 12.3 Å². The van der Waals surface area contributed by atoms with E-state index in [2.05, 4.69) is 0 Å². The first kappa shape index (κ1) is 12.2. The van der Waals surface area contributed by atoms with Gasteiger partial charge in [0.25, 0.3) is 0 Å². The Bertz CT molecular complexity index is 394. The van der Waals surface area contributed by atoms with Crippen molar-refractivity contribution >= 4 is 29.2 Å². The maximum atomic E-state index is 12.8. The molecule has 6 heteroatoms. The minimum absolute atomic E-state index is 0.0107. The molecule has 1 aromatic rings. The van der Waals surface area contributed by atoms with Crippen molar-refractivity contribution in [1.82, 2.24) is 0 Å². The molecule has 2 nitrogen and oxygen atoms in total. The molecule has 0 amide bonds. The first-order chi connectivity index (χ1) is 6.84. The molecule has 0 fully saturated rings. The lowest BCUT2D eigenvalue weighted by molar-refractivity contribution is -0.164. The Hall–Kier alpha value is -0.870. The number of carboxylic acids is 1. The predicted molar refractivity (Wildman–Crippen MR) is 52.7 cm³/mol. The summed E-state index contributed by atoms with van der Waals surface area (Å²) in [4.78, 5) is 10.2. The van der Waals surface area contributed by atoms with Crippen LogP contribution in [-0.2, 0) is 11.2 Å². The highest BCUT2D eigenvalue weighted by Gasteiger charge is 2.39. The van der Waals surface area contributed by atoms with Crippen LogP contribution in [0, 0.1) is 0 Å². The van der Waals surface area contributed by atoms with Crippen LogP contribution in [0.4, 0.5) is 8.78 Å². The molecule has 0 bridgehead atoms. The van der Waals surface area contributed by atoms with Crippen LogP contribution in [0.1, 0.15) is 5.56 Å². The Kier molecular flexibility index (Phi) is 3.52. The number of hydrogen-bond donors (Lipinski definition) is 1. The lowest BCUT2D eigenvalue weighted by Crippen LogP contribution is -2.30. The lowest BCUT2D eigenvalue weighted by Gasteiger charge is -2.12. The van der Waals surface area contributed by atoms with Gasteiger partial charge in [0, 0.05) is 6.42 Å². The van der Waals surface area contributed by atoms with Gasteiger partial charge in [0.05, 0.1) is 10.0 Å². The molecule has 1 N–H and O–H groups in total. The van der Waals surface area contributed by atoms with Crippen LogP contribution in [0.25, 0.3) is 0 Å². The summed E-state index contributed by atoms with van der Waals surface area (Å²) < 4.78 is 25.7. The van der Waals surface area contributed by atoms with Gasteiger partial charge in [0.1, 0.15) is 0 Å². The standard InChI is InChI=1S/C9H6Cl2F2O2/c10-6-3-1-2-5(7(6)11)4-9(12,13)8(14)15/h1-3H,4H2,(H,14,15). The smallest absolute Gasteiger partial charge is 0.374 e. The molecule has 0 aliphatic rings. The summed E-state index contributed by atoms with van der Waals surface area (Å²) in [7, 11) is 0. The second-order valence-electron chi connectivity index (χ2n) is 2.90. The molecule has 0 saturated carbocycles. The quantitative estimate of drug-likeness (QED) is 0.899. The second-order valence-corrected chi connectivity index (χ2v) is 3.68. The van der Waals surface area contributed by atoms with E-state index in [9.17, 15) is 13.6 Å². The SMILES string of the molecule is O=C(O)C(F)(F)Cc1cccc(Cl)c1Cl. The van der Waals surface area contributed by atoms with Gasteiger partial charge in [-0.2, -0.15) is 8.78 Å². The highest BCUT2D eigenvalue weighted by molar-refractivity contribution is 6.42. The summed E-state index contributed by atoms with van der Waals surface area (Å²) in [5.41, 5.74) is 0.0107. The monoisotopic (exact) mass is 254 g/mol. The van der Waals surface area contributed by atoms with E-state index in [4.69, 9.17) is 28.3 Å². The molecule has 0 saturated heterocycles. The normalized spacial score (nSPS) is 11.5. The third-order valence-electron chi connectivity index (χ3n) is 1.76. The van der Waals surface area contributed by atoms with Crippen LogP contribution in [0.2, 0.25) is 10.0 Å². The first-order valence-corrected chi connectivity index (χ1v) is 4.64. The predicted octanol–water partition coefficient (Wildman–Crippen LogP) is 3.26. The molecule has 15 heavy (non-hydrogen) atoms. The minimum Gasteiger partial charge on any atom is -0.477 e. The van der Waals surface area contributed by atoms with Crippen molar-refractivity contribution in [3.8, 4) is 0 Å². The number of alkyl halides is 2. The van der Waals surface area contributed by atoms with Gasteiger partial charge in [-0.15, -0.1) is 0 Å². The summed E-state index contributed by atoms with van der Waals surface area (Å²) >= 11 is 11.2. The van der Waals surface area contributed by atoms with Gasteiger partial charge in [-0.25, -0.2) is 4.79 Å².